The van der Waals surface area contributed by atoms with E-state index < -0.39 is 5.79 Å². The van der Waals surface area contributed by atoms with Gasteiger partial charge in [0.2, 0.25) is 0 Å². The highest BCUT2D eigenvalue weighted by molar-refractivity contribution is 6.30. The van der Waals surface area contributed by atoms with Crippen molar-refractivity contribution >= 4 is 23.2 Å². The molecule has 1 aromatic rings. The number of carbonyl (C=O) groups excluding carboxylic acids is 1. The molecule has 0 unspecified atom stereocenters. The summed E-state index contributed by atoms with van der Waals surface area (Å²) in [5, 5.41) is 7.52. The summed E-state index contributed by atoms with van der Waals surface area (Å²) in [6.45, 7) is 1.68. The van der Waals surface area contributed by atoms with Crippen LogP contribution in [0.3, 0.4) is 0 Å². The van der Waals surface area contributed by atoms with Crippen LogP contribution in [0.5, 0.6) is 0 Å². The lowest BCUT2D eigenvalue weighted by Crippen LogP contribution is -2.35. The van der Waals surface area contributed by atoms with E-state index in [1.165, 1.54) is 0 Å². The first-order valence-electron chi connectivity index (χ1n) is 8.12. The highest BCUT2D eigenvalue weighted by Gasteiger charge is 2.39. The summed E-state index contributed by atoms with van der Waals surface area (Å²) in [4.78, 5) is 16.9. The highest BCUT2D eigenvalue weighted by atomic mass is 35.5. The molecular weight excluding hydrogens is 332 g/mol. The predicted octanol–water partition coefficient (Wildman–Crippen LogP) is 2.65. The Morgan fingerprint density at radius 3 is 2.54 bits per heavy atom. The molecule has 0 atom stereocenters. The van der Waals surface area contributed by atoms with Crippen molar-refractivity contribution in [2.24, 2.45) is 5.16 Å². The molecule has 1 amide bonds. The van der Waals surface area contributed by atoms with Gasteiger partial charge >= 0.3 is 0 Å². The largest absolute Gasteiger partial charge is 0.386 e. The number of amides is 1. The second kappa shape index (κ2) is 7.96. The zero-order valence-electron chi connectivity index (χ0n) is 13.4. The molecule has 1 aliphatic carbocycles. The monoisotopic (exact) mass is 352 g/mol. The van der Waals surface area contributed by atoms with Gasteiger partial charge < -0.3 is 19.6 Å². The number of halogens is 1. The molecule has 1 heterocycles. The topological polar surface area (TPSA) is 69.2 Å². The molecule has 1 spiro atoms. The van der Waals surface area contributed by atoms with Crippen molar-refractivity contribution in [3.63, 3.8) is 0 Å². The van der Waals surface area contributed by atoms with Crippen LogP contribution in [-0.2, 0) is 25.7 Å². The van der Waals surface area contributed by atoms with Gasteiger partial charge in [0.15, 0.2) is 12.4 Å². The van der Waals surface area contributed by atoms with Crippen molar-refractivity contribution < 1.29 is 19.1 Å². The zero-order chi connectivity index (χ0) is 16.8. The Balaban J connectivity index is 1.35. The van der Waals surface area contributed by atoms with Gasteiger partial charge in [-0.25, -0.2) is 0 Å². The van der Waals surface area contributed by atoms with Crippen LogP contribution in [0.1, 0.15) is 31.2 Å². The van der Waals surface area contributed by atoms with Crippen LogP contribution in [0.25, 0.3) is 0 Å². The first kappa shape index (κ1) is 17.2. The summed E-state index contributed by atoms with van der Waals surface area (Å²) in [7, 11) is 0. The third-order valence-corrected chi connectivity index (χ3v) is 4.45. The molecule has 1 aromatic carbocycles. The average molecular weight is 353 g/mol. The Morgan fingerprint density at radius 1 is 1.21 bits per heavy atom. The number of oxime groups is 1. The number of nitrogens with zero attached hydrogens (tertiary/aromatic N) is 1. The van der Waals surface area contributed by atoms with Gasteiger partial charge in [-0.15, -0.1) is 0 Å². The minimum absolute atomic E-state index is 0.0881. The SMILES string of the molecule is O=C(CON=C1CCC2(CC1)OCCO2)NCc1ccc(Cl)cc1. The summed E-state index contributed by atoms with van der Waals surface area (Å²) in [6, 6.07) is 7.32. The van der Waals surface area contributed by atoms with E-state index in [0.717, 1.165) is 37.0 Å². The van der Waals surface area contributed by atoms with Gasteiger partial charge in [-0.2, -0.15) is 0 Å². The lowest BCUT2D eigenvalue weighted by atomic mass is 9.92. The maximum atomic E-state index is 11.8. The molecule has 2 fully saturated rings. The lowest BCUT2D eigenvalue weighted by molar-refractivity contribution is -0.168. The van der Waals surface area contributed by atoms with Crippen LogP contribution in [-0.4, -0.2) is 37.2 Å². The van der Waals surface area contributed by atoms with Crippen LogP contribution in [0, 0.1) is 0 Å². The van der Waals surface area contributed by atoms with Gasteiger partial charge in [-0.1, -0.05) is 28.9 Å². The highest BCUT2D eigenvalue weighted by Crippen LogP contribution is 2.34. The van der Waals surface area contributed by atoms with E-state index in [0.29, 0.717) is 24.8 Å². The van der Waals surface area contributed by atoms with Crippen molar-refractivity contribution in [2.45, 2.75) is 38.0 Å². The standard InChI is InChI=1S/C17H21ClN2O4/c18-14-3-1-13(2-4-14)11-19-16(21)12-24-20-15-5-7-17(8-6-15)22-9-10-23-17/h1-4H,5-12H2,(H,19,21). The minimum atomic E-state index is -0.408. The van der Waals surface area contributed by atoms with Gasteiger partial charge in [0.1, 0.15) is 0 Å². The van der Waals surface area contributed by atoms with Crippen molar-refractivity contribution in [2.75, 3.05) is 19.8 Å². The van der Waals surface area contributed by atoms with Crippen LogP contribution in [0.2, 0.25) is 5.02 Å². The number of hydrogen-bond donors (Lipinski definition) is 1. The van der Waals surface area contributed by atoms with Crippen molar-refractivity contribution in [3.05, 3.63) is 34.9 Å². The molecule has 3 rings (SSSR count). The molecule has 1 aliphatic heterocycles. The molecule has 1 N–H and O–H groups in total. The Kier molecular flexibility index (Phi) is 5.71. The first-order chi connectivity index (χ1) is 11.7. The molecule has 1 saturated heterocycles. The van der Waals surface area contributed by atoms with Gasteiger partial charge in [-0.3, -0.25) is 4.79 Å². The molecule has 0 bridgehead atoms. The molecule has 6 nitrogen and oxygen atoms in total. The van der Waals surface area contributed by atoms with Gasteiger partial charge in [0.25, 0.3) is 5.91 Å². The van der Waals surface area contributed by atoms with E-state index in [4.69, 9.17) is 25.9 Å². The van der Waals surface area contributed by atoms with Gasteiger partial charge in [0, 0.05) is 24.4 Å². The van der Waals surface area contributed by atoms with E-state index in [-0.39, 0.29) is 12.5 Å². The summed E-state index contributed by atoms with van der Waals surface area (Å²) in [5.41, 5.74) is 1.93. The number of benzene rings is 1. The normalized spacial score (nSPS) is 19.3. The van der Waals surface area contributed by atoms with Crippen LogP contribution in [0.4, 0.5) is 0 Å². The summed E-state index contributed by atoms with van der Waals surface area (Å²) < 4.78 is 11.3. The molecule has 1 saturated carbocycles. The summed E-state index contributed by atoms with van der Waals surface area (Å²) in [6.07, 6.45) is 3.12. The average Bonchev–Trinajstić information content (AvgIpc) is 3.05. The predicted molar refractivity (Wildman–Crippen MR) is 89.8 cm³/mol. The molecule has 0 aromatic heterocycles. The number of ether oxygens (including phenoxy) is 2. The fraction of sp³-hybridized carbons (Fsp3) is 0.529. The molecule has 24 heavy (non-hydrogen) atoms. The van der Waals surface area contributed by atoms with Crippen molar-refractivity contribution in [1.82, 2.24) is 5.32 Å². The van der Waals surface area contributed by atoms with Gasteiger partial charge in [-0.05, 0) is 30.5 Å². The number of nitrogens with one attached hydrogen (secondary N) is 1. The van der Waals surface area contributed by atoms with E-state index in [9.17, 15) is 4.79 Å². The van der Waals surface area contributed by atoms with E-state index in [1.807, 2.05) is 12.1 Å². The van der Waals surface area contributed by atoms with Crippen molar-refractivity contribution in [3.8, 4) is 0 Å². The first-order valence-corrected chi connectivity index (χ1v) is 8.50. The van der Waals surface area contributed by atoms with Crippen LogP contribution >= 0.6 is 11.6 Å². The van der Waals surface area contributed by atoms with Crippen LogP contribution in [0.15, 0.2) is 29.4 Å². The minimum Gasteiger partial charge on any atom is -0.386 e. The quantitative estimate of drug-likeness (QED) is 0.827. The second-order valence-electron chi connectivity index (χ2n) is 5.94. The van der Waals surface area contributed by atoms with Crippen molar-refractivity contribution in [1.29, 1.82) is 0 Å². The summed E-state index contributed by atoms with van der Waals surface area (Å²) in [5.74, 6) is -0.612. The van der Waals surface area contributed by atoms with E-state index >= 15 is 0 Å². The Labute approximate surface area is 146 Å². The Hall–Kier alpha value is -1.63. The summed E-state index contributed by atoms with van der Waals surface area (Å²) >= 11 is 5.82. The van der Waals surface area contributed by atoms with Gasteiger partial charge in [0.05, 0.1) is 18.9 Å². The zero-order valence-corrected chi connectivity index (χ0v) is 14.2. The maximum Gasteiger partial charge on any atom is 0.261 e. The molecular formula is C17H21ClN2O4. The molecule has 130 valence electrons. The second-order valence-corrected chi connectivity index (χ2v) is 6.38. The maximum absolute atomic E-state index is 11.8. The number of carbonyl (C=O) groups is 1. The molecule has 7 heteroatoms. The number of rotatable bonds is 5. The fourth-order valence-electron chi connectivity index (χ4n) is 2.83. The van der Waals surface area contributed by atoms with E-state index in [1.54, 1.807) is 12.1 Å². The Bertz CT molecular complexity index is 585. The van der Waals surface area contributed by atoms with E-state index in [2.05, 4.69) is 10.5 Å². The third-order valence-electron chi connectivity index (χ3n) is 4.19. The lowest BCUT2D eigenvalue weighted by Gasteiger charge is -2.31. The number of hydrogen-bond acceptors (Lipinski definition) is 5. The Morgan fingerprint density at radius 2 is 1.88 bits per heavy atom. The molecule has 0 radical (unpaired) electrons. The smallest absolute Gasteiger partial charge is 0.261 e. The third kappa shape index (κ3) is 4.69. The fourth-order valence-corrected chi connectivity index (χ4v) is 2.96. The van der Waals surface area contributed by atoms with Crippen LogP contribution < -0.4 is 5.32 Å². The molecule has 2 aliphatic rings.